The van der Waals surface area contributed by atoms with Gasteiger partial charge >= 0.3 is 0 Å². The van der Waals surface area contributed by atoms with E-state index in [1.54, 1.807) is 0 Å². The van der Waals surface area contributed by atoms with Crippen LogP contribution in [0.15, 0.2) is 54.6 Å². The standard InChI is InChI=1S/C16H18IN/c17-15-11-9-14(10-12-15)16(18)8-4-7-13-5-2-1-3-6-13/h1-3,5-6,9-12,16H,4,7-8,18H2. The second kappa shape index (κ2) is 6.90. The number of hydrogen-bond acceptors (Lipinski definition) is 1. The van der Waals surface area contributed by atoms with Crippen LogP contribution in [0.3, 0.4) is 0 Å². The first-order valence-electron chi connectivity index (χ1n) is 6.30. The minimum atomic E-state index is 0.158. The zero-order chi connectivity index (χ0) is 12.8. The minimum absolute atomic E-state index is 0.158. The van der Waals surface area contributed by atoms with Crippen molar-refractivity contribution in [2.24, 2.45) is 5.73 Å². The largest absolute Gasteiger partial charge is 0.324 e. The van der Waals surface area contributed by atoms with Crippen molar-refractivity contribution in [3.05, 3.63) is 69.3 Å². The van der Waals surface area contributed by atoms with Crippen molar-refractivity contribution in [2.75, 3.05) is 0 Å². The van der Waals surface area contributed by atoms with Crippen molar-refractivity contribution in [1.29, 1.82) is 0 Å². The Labute approximate surface area is 123 Å². The van der Waals surface area contributed by atoms with Gasteiger partial charge < -0.3 is 5.73 Å². The molecular formula is C16H18IN. The maximum Gasteiger partial charge on any atom is 0.0294 e. The second-order valence-corrected chi connectivity index (χ2v) is 5.78. The molecular weight excluding hydrogens is 333 g/mol. The fourth-order valence-corrected chi connectivity index (χ4v) is 2.41. The number of rotatable bonds is 5. The quantitative estimate of drug-likeness (QED) is 0.798. The van der Waals surface area contributed by atoms with Gasteiger partial charge in [-0.15, -0.1) is 0 Å². The molecule has 1 atom stereocenters. The molecule has 2 aromatic rings. The maximum atomic E-state index is 6.21. The highest BCUT2D eigenvalue weighted by Gasteiger charge is 2.05. The molecule has 0 heterocycles. The van der Waals surface area contributed by atoms with Crippen molar-refractivity contribution < 1.29 is 0 Å². The molecule has 1 nitrogen and oxygen atoms in total. The van der Waals surface area contributed by atoms with E-state index in [0.29, 0.717) is 0 Å². The van der Waals surface area contributed by atoms with Crippen LogP contribution in [-0.2, 0) is 6.42 Å². The highest BCUT2D eigenvalue weighted by atomic mass is 127. The fraction of sp³-hybridized carbons (Fsp3) is 0.250. The molecule has 0 saturated heterocycles. The van der Waals surface area contributed by atoms with Crippen molar-refractivity contribution in [2.45, 2.75) is 25.3 Å². The van der Waals surface area contributed by atoms with Gasteiger partial charge in [-0.2, -0.15) is 0 Å². The third-order valence-electron chi connectivity index (χ3n) is 3.12. The number of aryl methyl sites for hydroxylation is 1. The van der Waals surface area contributed by atoms with Crippen LogP contribution >= 0.6 is 22.6 Å². The summed E-state index contributed by atoms with van der Waals surface area (Å²) in [5, 5.41) is 0. The van der Waals surface area contributed by atoms with Crippen molar-refractivity contribution in [1.82, 2.24) is 0 Å². The molecule has 0 amide bonds. The first-order valence-corrected chi connectivity index (χ1v) is 7.38. The summed E-state index contributed by atoms with van der Waals surface area (Å²) in [5.74, 6) is 0. The van der Waals surface area contributed by atoms with Crippen molar-refractivity contribution in [3.8, 4) is 0 Å². The Kier molecular flexibility index (Phi) is 5.20. The monoisotopic (exact) mass is 351 g/mol. The van der Waals surface area contributed by atoms with E-state index in [2.05, 4.69) is 77.2 Å². The summed E-state index contributed by atoms with van der Waals surface area (Å²) in [6, 6.07) is 19.3. The van der Waals surface area contributed by atoms with E-state index in [1.165, 1.54) is 14.7 Å². The van der Waals surface area contributed by atoms with Crippen molar-refractivity contribution in [3.63, 3.8) is 0 Å². The van der Waals surface area contributed by atoms with Gasteiger partial charge in [0.05, 0.1) is 0 Å². The van der Waals surface area contributed by atoms with Gasteiger partial charge in [-0.1, -0.05) is 42.5 Å². The average Bonchev–Trinajstić information content (AvgIpc) is 2.40. The van der Waals surface area contributed by atoms with Crippen LogP contribution in [0, 0.1) is 3.57 Å². The summed E-state index contributed by atoms with van der Waals surface area (Å²) in [7, 11) is 0. The van der Waals surface area contributed by atoms with Gasteiger partial charge in [-0.05, 0) is 65.1 Å². The molecule has 0 aliphatic heterocycles. The number of benzene rings is 2. The first-order chi connectivity index (χ1) is 8.75. The third kappa shape index (κ3) is 4.10. The topological polar surface area (TPSA) is 26.0 Å². The van der Waals surface area contributed by atoms with Gasteiger partial charge in [-0.3, -0.25) is 0 Å². The van der Waals surface area contributed by atoms with Gasteiger partial charge in [-0.25, -0.2) is 0 Å². The Morgan fingerprint density at radius 1 is 0.944 bits per heavy atom. The van der Waals surface area contributed by atoms with E-state index in [-0.39, 0.29) is 6.04 Å². The molecule has 0 aliphatic rings. The van der Waals surface area contributed by atoms with Crippen LogP contribution in [0.2, 0.25) is 0 Å². The smallest absolute Gasteiger partial charge is 0.0294 e. The maximum absolute atomic E-state index is 6.21. The highest BCUT2D eigenvalue weighted by molar-refractivity contribution is 14.1. The zero-order valence-corrected chi connectivity index (χ0v) is 12.5. The highest BCUT2D eigenvalue weighted by Crippen LogP contribution is 2.18. The summed E-state index contributed by atoms with van der Waals surface area (Å²) in [6.45, 7) is 0. The fourth-order valence-electron chi connectivity index (χ4n) is 2.05. The Bertz CT molecular complexity index is 464. The van der Waals surface area contributed by atoms with E-state index in [9.17, 15) is 0 Å². The lowest BCUT2D eigenvalue weighted by Gasteiger charge is -2.12. The van der Waals surface area contributed by atoms with Gasteiger partial charge in [0, 0.05) is 9.61 Å². The first kappa shape index (κ1) is 13.6. The second-order valence-electron chi connectivity index (χ2n) is 4.54. The molecule has 2 rings (SSSR count). The van der Waals surface area contributed by atoms with E-state index < -0.39 is 0 Å². The SMILES string of the molecule is NC(CCCc1ccccc1)c1ccc(I)cc1. The number of hydrogen-bond donors (Lipinski definition) is 1. The van der Waals surface area contributed by atoms with Crippen molar-refractivity contribution >= 4 is 22.6 Å². The Morgan fingerprint density at radius 2 is 1.61 bits per heavy atom. The Hall–Kier alpha value is -0.870. The zero-order valence-electron chi connectivity index (χ0n) is 10.4. The molecule has 18 heavy (non-hydrogen) atoms. The predicted octanol–water partition coefficient (Wildman–Crippen LogP) is 4.31. The molecule has 0 bridgehead atoms. The molecule has 1 unspecified atom stereocenters. The molecule has 0 aromatic heterocycles. The van der Waals surface area contributed by atoms with Crippen LogP contribution in [0.1, 0.15) is 30.0 Å². The molecule has 2 aromatic carbocycles. The lowest BCUT2D eigenvalue weighted by molar-refractivity contribution is 0.611. The summed E-state index contributed by atoms with van der Waals surface area (Å²) in [6.07, 6.45) is 3.28. The van der Waals surface area contributed by atoms with E-state index >= 15 is 0 Å². The van der Waals surface area contributed by atoms with Crippen LogP contribution < -0.4 is 5.73 Å². The van der Waals surface area contributed by atoms with Crippen LogP contribution in [0.5, 0.6) is 0 Å². The Balaban J connectivity index is 1.81. The number of halogens is 1. The Morgan fingerprint density at radius 3 is 2.28 bits per heavy atom. The molecule has 0 aliphatic carbocycles. The normalized spacial score (nSPS) is 12.3. The van der Waals surface area contributed by atoms with Gasteiger partial charge in [0.1, 0.15) is 0 Å². The third-order valence-corrected chi connectivity index (χ3v) is 3.84. The molecule has 0 spiro atoms. The van der Waals surface area contributed by atoms with Crippen LogP contribution in [0.4, 0.5) is 0 Å². The predicted molar refractivity (Wildman–Crippen MR) is 85.5 cm³/mol. The summed E-state index contributed by atoms with van der Waals surface area (Å²) in [5.41, 5.74) is 8.84. The van der Waals surface area contributed by atoms with Gasteiger partial charge in [0.2, 0.25) is 0 Å². The molecule has 0 fully saturated rings. The summed E-state index contributed by atoms with van der Waals surface area (Å²) < 4.78 is 1.26. The minimum Gasteiger partial charge on any atom is -0.324 e. The summed E-state index contributed by atoms with van der Waals surface area (Å²) in [4.78, 5) is 0. The molecule has 2 N–H and O–H groups in total. The van der Waals surface area contributed by atoms with Gasteiger partial charge in [0.15, 0.2) is 0 Å². The van der Waals surface area contributed by atoms with Crippen LogP contribution in [0.25, 0.3) is 0 Å². The lowest BCUT2D eigenvalue weighted by atomic mass is 10.00. The van der Waals surface area contributed by atoms with E-state index in [1.807, 2.05) is 0 Å². The van der Waals surface area contributed by atoms with Crippen LogP contribution in [-0.4, -0.2) is 0 Å². The molecule has 94 valence electrons. The van der Waals surface area contributed by atoms with E-state index in [4.69, 9.17) is 5.73 Å². The molecule has 2 heteroatoms. The van der Waals surface area contributed by atoms with Gasteiger partial charge in [0.25, 0.3) is 0 Å². The summed E-state index contributed by atoms with van der Waals surface area (Å²) >= 11 is 2.32. The average molecular weight is 351 g/mol. The van der Waals surface area contributed by atoms with E-state index in [0.717, 1.165) is 19.3 Å². The lowest BCUT2D eigenvalue weighted by Crippen LogP contribution is -2.10. The number of nitrogens with two attached hydrogens (primary N) is 1. The molecule has 0 saturated carbocycles. The molecule has 0 radical (unpaired) electrons.